The molecule has 0 radical (unpaired) electrons. The first-order valence-electron chi connectivity index (χ1n) is 9.76. The summed E-state index contributed by atoms with van der Waals surface area (Å²) in [6.45, 7) is 1.53. The van der Waals surface area contributed by atoms with Crippen molar-refractivity contribution in [3.8, 4) is 0 Å². The number of rotatable bonds is 4. The first kappa shape index (κ1) is 17.1. The van der Waals surface area contributed by atoms with Crippen LogP contribution >= 0.6 is 0 Å². The largest absolute Gasteiger partial charge is 0.335 e. The van der Waals surface area contributed by atoms with Crippen LogP contribution in [-0.2, 0) is 19.4 Å². The van der Waals surface area contributed by atoms with E-state index in [1.807, 2.05) is 27.9 Å². The predicted molar refractivity (Wildman–Crippen MR) is 99.2 cm³/mol. The number of hydrogen-bond acceptors (Lipinski definition) is 3. The van der Waals surface area contributed by atoms with Gasteiger partial charge in [-0.25, -0.2) is 0 Å². The Bertz CT molecular complexity index is 825. The molecule has 0 spiro atoms. The molecule has 0 saturated carbocycles. The first-order valence-corrected chi connectivity index (χ1v) is 9.76. The van der Waals surface area contributed by atoms with Gasteiger partial charge in [0.05, 0.1) is 0 Å². The lowest BCUT2D eigenvalue weighted by Crippen LogP contribution is -2.46. The Labute approximate surface area is 153 Å². The summed E-state index contributed by atoms with van der Waals surface area (Å²) in [4.78, 5) is 30.6. The molecule has 1 aliphatic heterocycles. The SMILES string of the molecule is O=C(c1cc2c([nH]c1=O)CCCC2)N1CCCC[C@H]1CCn1cccn1. The molecule has 2 aromatic heterocycles. The van der Waals surface area contributed by atoms with Crippen LogP contribution in [0.3, 0.4) is 0 Å². The summed E-state index contributed by atoms with van der Waals surface area (Å²) in [5, 5.41) is 4.25. The second-order valence-corrected chi connectivity index (χ2v) is 7.43. The van der Waals surface area contributed by atoms with Crippen LogP contribution in [0.15, 0.2) is 29.3 Å². The Hall–Kier alpha value is -2.37. The Morgan fingerprint density at radius 1 is 1.23 bits per heavy atom. The Morgan fingerprint density at radius 2 is 2.12 bits per heavy atom. The molecule has 0 bridgehead atoms. The molecule has 0 unspecified atom stereocenters. The number of likely N-dealkylation sites (tertiary alicyclic amines) is 1. The van der Waals surface area contributed by atoms with Crippen molar-refractivity contribution in [1.29, 1.82) is 0 Å². The Balaban J connectivity index is 1.54. The van der Waals surface area contributed by atoms with Crippen molar-refractivity contribution in [1.82, 2.24) is 19.7 Å². The summed E-state index contributed by atoms with van der Waals surface area (Å²) < 4.78 is 1.91. The van der Waals surface area contributed by atoms with E-state index in [4.69, 9.17) is 0 Å². The number of pyridine rings is 1. The van der Waals surface area contributed by atoms with E-state index >= 15 is 0 Å². The average Bonchev–Trinajstić information content (AvgIpc) is 3.19. The molecule has 1 N–H and O–H groups in total. The van der Waals surface area contributed by atoms with Crippen molar-refractivity contribution in [3.63, 3.8) is 0 Å². The zero-order valence-corrected chi connectivity index (χ0v) is 15.1. The van der Waals surface area contributed by atoms with E-state index in [1.54, 1.807) is 6.20 Å². The number of carbonyl (C=O) groups excluding carboxylic acids is 1. The van der Waals surface area contributed by atoms with Gasteiger partial charge in [-0.3, -0.25) is 14.3 Å². The molecule has 1 fully saturated rings. The molecule has 1 amide bonds. The number of hydrogen-bond donors (Lipinski definition) is 1. The van der Waals surface area contributed by atoms with Crippen molar-refractivity contribution in [2.45, 2.75) is 64.0 Å². The number of aromatic amines is 1. The molecule has 6 nitrogen and oxygen atoms in total. The van der Waals surface area contributed by atoms with Gasteiger partial charge in [-0.1, -0.05) is 0 Å². The Kier molecular flexibility index (Phi) is 4.91. The van der Waals surface area contributed by atoms with E-state index in [-0.39, 0.29) is 17.5 Å². The van der Waals surface area contributed by atoms with Gasteiger partial charge in [0, 0.05) is 37.2 Å². The van der Waals surface area contributed by atoms with Crippen LogP contribution in [0, 0.1) is 0 Å². The molecule has 1 atom stereocenters. The second-order valence-electron chi connectivity index (χ2n) is 7.43. The summed E-state index contributed by atoms with van der Waals surface area (Å²) in [7, 11) is 0. The van der Waals surface area contributed by atoms with Crippen molar-refractivity contribution in [2.24, 2.45) is 0 Å². The predicted octanol–water partition coefficient (Wildman–Crippen LogP) is 2.54. The maximum Gasteiger partial charge on any atom is 0.261 e. The summed E-state index contributed by atoms with van der Waals surface area (Å²) in [5.74, 6) is -0.107. The molecule has 6 heteroatoms. The fraction of sp³-hybridized carbons (Fsp3) is 0.550. The van der Waals surface area contributed by atoms with Gasteiger partial charge in [0.15, 0.2) is 0 Å². The molecule has 26 heavy (non-hydrogen) atoms. The highest BCUT2D eigenvalue weighted by Gasteiger charge is 2.29. The number of aryl methyl sites for hydroxylation is 3. The highest BCUT2D eigenvalue weighted by molar-refractivity contribution is 5.94. The summed E-state index contributed by atoms with van der Waals surface area (Å²) in [5.41, 5.74) is 2.25. The lowest BCUT2D eigenvalue weighted by atomic mass is 9.94. The van der Waals surface area contributed by atoms with E-state index < -0.39 is 0 Å². The summed E-state index contributed by atoms with van der Waals surface area (Å²) in [6, 6.07) is 3.95. The molecule has 4 rings (SSSR count). The molecule has 2 aliphatic rings. The number of H-pyrrole nitrogens is 1. The number of amides is 1. The zero-order valence-electron chi connectivity index (χ0n) is 15.1. The van der Waals surface area contributed by atoms with Gasteiger partial charge in [-0.05, 0) is 69.1 Å². The minimum absolute atomic E-state index is 0.107. The van der Waals surface area contributed by atoms with Crippen LogP contribution in [0.4, 0.5) is 0 Å². The summed E-state index contributed by atoms with van der Waals surface area (Å²) >= 11 is 0. The van der Waals surface area contributed by atoms with Gasteiger partial charge in [-0.15, -0.1) is 0 Å². The third kappa shape index (κ3) is 3.45. The monoisotopic (exact) mass is 354 g/mol. The van der Waals surface area contributed by atoms with E-state index in [2.05, 4.69) is 10.1 Å². The number of nitrogens with one attached hydrogen (secondary N) is 1. The third-order valence-corrected chi connectivity index (χ3v) is 5.71. The number of fused-ring (bicyclic) bond motifs is 1. The van der Waals surface area contributed by atoms with E-state index in [9.17, 15) is 9.59 Å². The topological polar surface area (TPSA) is 71.0 Å². The lowest BCUT2D eigenvalue weighted by molar-refractivity contribution is 0.0592. The van der Waals surface area contributed by atoms with Crippen molar-refractivity contribution < 1.29 is 4.79 Å². The average molecular weight is 354 g/mol. The van der Waals surface area contributed by atoms with Crippen LogP contribution in [0.5, 0.6) is 0 Å². The number of aromatic nitrogens is 3. The standard InChI is InChI=1S/C20H26N4O2/c25-19-17(14-15-6-1-2-8-18(15)22-19)20(26)24-12-4-3-7-16(24)9-13-23-11-5-10-21-23/h5,10-11,14,16H,1-4,6-9,12-13H2,(H,22,25)/t16-/m0/s1. The molecule has 3 heterocycles. The van der Waals surface area contributed by atoms with Gasteiger partial charge >= 0.3 is 0 Å². The molecule has 1 aliphatic carbocycles. The number of carbonyl (C=O) groups is 1. The van der Waals surface area contributed by atoms with Crippen molar-refractivity contribution in [3.05, 3.63) is 51.7 Å². The van der Waals surface area contributed by atoms with Gasteiger partial charge < -0.3 is 9.88 Å². The minimum atomic E-state index is -0.230. The number of piperidine rings is 1. The maximum absolute atomic E-state index is 13.2. The van der Waals surface area contributed by atoms with Crippen LogP contribution in [0.2, 0.25) is 0 Å². The van der Waals surface area contributed by atoms with E-state index in [1.165, 1.54) is 0 Å². The lowest BCUT2D eigenvalue weighted by Gasteiger charge is -2.36. The fourth-order valence-corrected chi connectivity index (χ4v) is 4.27. The molecule has 1 saturated heterocycles. The van der Waals surface area contributed by atoms with Gasteiger partial charge in [-0.2, -0.15) is 5.10 Å². The van der Waals surface area contributed by atoms with Crippen LogP contribution < -0.4 is 5.56 Å². The Morgan fingerprint density at radius 3 is 2.96 bits per heavy atom. The van der Waals surface area contributed by atoms with Gasteiger partial charge in [0.25, 0.3) is 11.5 Å². The summed E-state index contributed by atoms with van der Waals surface area (Å²) in [6.07, 6.45) is 11.8. The van der Waals surface area contributed by atoms with Crippen molar-refractivity contribution >= 4 is 5.91 Å². The molecule has 2 aromatic rings. The van der Waals surface area contributed by atoms with E-state index in [0.29, 0.717) is 5.56 Å². The fourth-order valence-electron chi connectivity index (χ4n) is 4.27. The third-order valence-electron chi connectivity index (χ3n) is 5.71. The van der Waals surface area contributed by atoms with Gasteiger partial charge in [0.1, 0.15) is 5.56 Å². The highest BCUT2D eigenvalue weighted by atomic mass is 16.2. The molecule has 0 aromatic carbocycles. The first-order chi connectivity index (χ1) is 12.7. The van der Waals surface area contributed by atoms with Gasteiger partial charge in [0.2, 0.25) is 0 Å². The van der Waals surface area contributed by atoms with Crippen LogP contribution in [0.1, 0.15) is 60.1 Å². The highest BCUT2D eigenvalue weighted by Crippen LogP contribution is 2.24. The number of nitrogens with zero attached hydrogens (tertiary/aromatic N) is 3. The normalized spacial score (nSPS) is 20.0. The van der Waals surface area contributed by atoms with E-state index in [0.717, 1.165) is 75.7 Å². The van der Waals surface area contributed by atoms with Crippen LogP contribution in [0.25, 0.3) is 0 Å². The second kappa shape index (κ2) is 7.48. The zero-order chi connectivity index (χ0) is 17.9. The smallest absolute Gasteiger partial charge is 0.261 e. The molecular weight excluding hydrogens is 328 g/mol. The quantitative estimate of drug-likeness (QED) is 0.917. The van der Waals surface area contributed by atoms with Crippen LogP contribution in [-0.4, -0.2) is 38.2 Å². The minimum Gasteiger partial charge on any atom is -0.335 e. The molecule has 138 valence electrons. The van der Waals surface area contributed by atoms with Crippen molar-refractivity contribution in [2.75, 3.05) is 6.54 Å². The maximum atomic E-state index is 13.2. The molecular formula is C20H26N4O2.